The Bertz CT molecular complexity index is 1230. The van der Waals surface area contributed by atoms with E-state index in [0.29, 0.717) is 16.9 Å². The van der Waals surface area contributed by atoms with Gasteiger partial charge in [0.15, 0.2) is 12.0 Å². The van der Waals surface area contributed by atoms with Gasteiger partial charge in [0.1, 0.15) is 60.3 Å². The van der Waals surface area contributed by atoms with Crippen molar-refractivity contribution in [1.29, 1.82) is 0 Å². The van der Waals surface area contributed by atoms with Crippen molar-refractivity contribution in [3.63, 3.8) is 0 Å². The van der Waals surface area contributed by atoms with E-state index in [1.54, 1.807) is 48.5 Å². The molecule has 0 radical (unpaired) electrons. The van der Waals surface area contributed by atoms with Crippen LogP contribution < -0.4 is 9.47 Å². The number of aliphatic hydroxyl groups is 7. The largest absolute Gasteiger partial charge is 0.461 e. The molecule has 10 atom stereocenters. The Balaban J connectivity index is 1.29. The molecule has 0 spiro atoms. The normalized spacial score (nSPS) is 36.8. The molecular weight excluding hydrogens is 532 g/mol. The summed E-state index contributed by atoms with van der Waals surface area (Å²) in [6.45, 7) is -1.16. The highest BCUT2D eigenvalue weighted by atomic mass is 16.7. The van der Waals surface area contributed by atoms with Gasteiger partial charge in [0.05, 0.1) is 18.8 Å². The van der Waals surface area contributed by atoms with Crippen LogP contribution in [0.1, 0.15) is 15.9 Å². The van der Waals surface area contributed by atoms with E-state index in [2.05, 4.69) is 0 Å². The minimum absolute atomic E-state index is 0.0589. The van der Waals surface area contributed by atoms with Gasteiger partial charge in [-0.3, -0.25) is 4.79 Å². The lowest BCUT2D eigenvalue weighted by molar-refractivity contribution is -0.323. The third-order valence-corrected chi connectivity index (χ3v) is 6.97. The molecule has 216 valence electrons. The lowest BCUT2D eigenvalue weighted by atomic mass is 9.98. The Morgan fingerprint density at radius 2 is 1.38 bits per heavy atom. The van der Waals surface area contributed by atoms with Crippen LogP contribution in [0.15, 0.2) is 54.3 Å². The predicted octanol–water partition coefficient (Wildman–Crippen LogP) is -1.69. The summed E-state index contributed by atoms with van der Waals surface area (Å²) in [5.41, 5.74) is 0.821. The standard InChI is InChI=1S/C27H30O13/c28-10-17-20(30)22(32)24(34)26(39-17)36-11-18-21(31)23(33)25(35)27(40-18)38-14-7-3-1-5-12(14)9-16-19(29)13-6-2-4-8-15(13)37-16/h1-9,17-18,20-28,30-35H,10-11H2/b16-9-/t17?,18?,20-,21-,22+,23+,24?,25?,26-,27-/m1/s1. The highest BCUT2D eigenvalue weighted by Gasteiger charge is 2.48. The Hall–Kier alpha value is -2.95. The van der Waals surface area contributed by atoms with Crippen molar-refractivity contribution in [1.82, 2.24) is 0 Å². The number of aliphatic hydroxyl groups excluding tert-OH is 7. The van der Waals surface area contributed by atoms with Gasteiger partial charge < -0.3 is 59.4 Å². The maximum Gasteiger partial charge on any atom is 0.231 e. The summed E-state index contributed by atoms with van der Waals surface area (Å²) in [6.07, 6.45) is -14.0. The van der Waals surface area contributed by atoms with Crippen LogP contribution in [0, 0.1) is 0 Å². The number of hydrogen-bond acceptors (Lipinski definition) is 13. The lowest BCUT2D eigenvalue weighted by Gasteiger charge is -2.42. The van der Waals surface area contributed by atoms with E-state index < -0.39 is 74.6 Å². The Kier molecular flexibility index (Phi) is 8.49. The van der Waals surface area contributed by atoms with Crippen LogP contribution in [0.4, 0.5) is 0 Å². The lowest BCUT2D eigenvalue weighted by Crippen LogP contribution is -2.62. The average Bonchev–Trinajstić information content (AvgIpc) is 3.28. The maximum atomic E-state index is 12.7. The van der Waals surface area contributed by atoms with Crippen LogP contribution in [0.3, 0.4) is 0 Å². The second-order valence-electron chi connectivity index (χ2n) is 9.64. The highest BCUT2D eigenvalue weighted by molar-refractivity contribution is 6.14. The summed E-state index contributed by atoms with van der Waals surface area (Å²) in [7, 11) is 0. The molecule has 2 aromatic rings. The second-order valence-corrected chi connectivity index (χ2v) is 9.64. The number of allylic oxidation sites excluding steroid dienone is 1. The van der Waals surface area contributed by atoms with Crippen molar-refractivity contribution in [2.24, 2.45) is 0 Å². The van der Waals surface area contributed by atoms with Crippen LogP contribution in [0.2, 0.25) is 0 Å². The van der Waals surface area contributed by atoms with Crippen molar-refractivity contribution in [3.8, 4) is 11.5 Å². The molecule has 3 aliphatic heterocycles. The fraction of sp³-hybridized carbons (Fsp3) is 0.444. The summed E-state index contributed by atoms with van der Waals surface area (Å²) in [6, 6.07) is 13.3. The van der Waals surface area contributed by atoms with Gasteiger partial charge in [-0.05, 0) is 24.3 Å². The van der Waals surface area contributed by atoms with E-state index in [0.717, 1.165) is 0 Å². The predicted molar refractivity (Wildman–Crippen MR) is 133 cm³/mol. The molecule has 13 nitrogen and oxygen atoms in total. The zero-order chi connectivity index (χ0) is 28.6. The number of ether oxygens (including phenoxy) is 5. The smallest absolute Gasteiger partial charge is 0.231 e. The fourth-order valence-corrected chi connectivity index (χ4v) is 4.66. The zero-order valence-electron chi connectivity index (χ0n) is 21.0. The number of carbonyl (C=O) groups is 1. The van der Waals surface area contributed by atoms with Crippen molar-refractivity contribution in [2.75, 3.05) is 13.2 Å². The monoisotopic (exact) mass is 562 g/mol. The van der Waals surface area contributed by atoms with Crippen LogP contribution >= 0.6 is 0 Å². The molecule has 0 saturated carbocycles. The van der Waals surface area contributed by atoms with Crippen molar-refractivity contribution in [3.05, 3.63) is 65.4 Å². The molecule has 13 heteroatoms. The Labute approximate surface area is 228 Å². The van der Waals surface area contributed by atoms with Crippen LogP contribution in [0.25, 0.3) is 6.08 Å². The van der Waals surface area contributed by atoms with Crippen molar-refractivity contribution in [2.45, 2.75) is 61.4 Å². The molecule has 0 bridgehead atoms. The van der Waals surface area contributed by atoms with E-state index in [1.165, 1.54) is 6.08 Å². The summed E-state index contributed by atoms with van der Waals surface area (Å²) >= 11 is 0. The zero-order valence-corrected chi connectivity index (χ0v) is 21.0. The van der Waals surface area contributed by atoms with Gasteiger partial charge in [-0.25, -0.2) is 0 Å². The molecular formula is C27H30O13. The van der Waals surface area contributed by atoms with Crippen molar-refractivity contribution < 1.29 is 64.2 Å². The molecule has 2 saturated heterocycles. The summed E-state index contributed by atoms with van der Waals surface area (Å²) in [5.74, 6) is 0.332. The molecule has 4 unspecified atom stereocenters. The average molecular weight is 563 g/mol. The first-order valence-corrected chi connectivity index (χ1v) is 12.6. The Morgan fingerprint density at radius 3 is 2.10 bits per heavy atom. The van der Waals surface area contributed by atoms with Gasteiger partial charge in [0.2, 0.25) is 12.1 Å². The van der Waals surface area contributed by atoms with Gasteiger partial charge in [-0.1, -0.05) is 30.3 Å². The number of carbonyl (C=O) groups excluding carboxylic acids is 1. The summed E-state index contributed by atoms with van der Waals surface area (Å²) in [4.78, 5) is 12.7. The third kappa shape index (κ3) is 5.49. The maximum absolute atomic E-state index is 12.7. The quantitative estimate of drug-likeness (QED) is 0.188. The number of Topliss-reactive ketones (excluding diaryl/α,β-unsaturated/α-hetero) is 1. The number of hydrogen-bond donors (Lipinski definition) is 7. The third-order valence-electron chi connectivity index (χ3n) is 6.97. The number of benzene rings is 2. The molecule has 3 heterocycles. The first kappa shape index (κ1) is 28.6. The molecule has 0 amide bonds. The van der Waals surface area contributed by atoms with E-state index in [-0.39, 0.29) is 17.3 Å². The molecule has 2 aromatic carbocycles. The molecule has 5 rings (SSSR count). The van der Waals surface area contributed by atoms with Crippen molar-refractivity contribution >= 4 is 11.9 Å². The van der Waals surface area contributed by atoms with E-state index in [1.807, 2.05) is 0 Å². The number of ketones is 1. The minimum atomic E-state index is -1.72. The topological polar surface area (TPSA) is 205 Å². The molecule has 40 heavy (non-hydrogen) atoms. The molecule has 3 aliphatic rings. The summed E-state index contributed by atoms with van der Waals surface area (Å²) in [5, 5.41) is 70.9. The van der Waals surface area contributed by atoms with Crippen LogP contribution in [-0.4, -0.2) is 116 Å². The molecule has 7 N–H and O–H groups in total. The number of fused-ring (bicyclic) bond motifs is 1. The van der Waals surface area contributed by atoms with Gasteiger partial charge >= 0.3 is 0 Å². The minimum Gasteiger partial charge on any atom is -0.461 e. The number of para-hydroxylation sites is 2. The first-order valence-electron chi connectivity index (χ1n) is 12.6. The van der Waals surface area contributed by atoms with Gasteiger partial charge in [-0.2, -0.15) is 0 Å². The van der Waals surface area contributed by atoms with Gasteiger partial charge in [-0.15, -0.1) is 0 Å². The SMILES string of the molecule is O=C1/C(=C/c2ccccc2O[C@@H]2OC(CO[C@@H]3OC(CO)[C@@H](O)[C@H](O)C3O)[C@@H](O)[C@H](O)C2O)Oc2ccccc21. The van der Waals surface area contributed by atoms with E-state index >= 15 is 0 Å². The summed E-state index contributed by atoms with van der Waals surface area (Å²) < 4.78 is 27.9. The first-order chi connectivity index (χ1) is 19.2. The van der Waals surface area contributed by atoms with Gasteiger partial charge in [0.25, 0.3) is 0 Å². The molecule has 0 aromatic heterocycles. The number of rotatable bonds is 7. The highest BCUT2D eigenvalue weighted by Crippen LogP contribution is 2.34. The molecule has 0 aliphatic carbocycles. The second kappa shape index (κ2) is 11.9. The van der Waals surface area contributed by atoms with E-state index in [9.17, 15) is 40.5 Å². The van der Waals surface area contributed by atoms with Crippen LogP contribution in [0.5, 0.6) is 11.5 Å². The van der Waals surface area contributed by atoms with E-state index in [4.69, 9.17) is 23.7 Å². The molecule has 2 fully saturated rings. The van der Waals surface area contributed by atoms with Crippen LogP contribution in [-0.2, 0) is 14.2 Å². The Morgan fingerprint density at radius 1 is 0.750 bits per heavy atom. The fourth-order valence-electron chi connectivity index (χ4n) is 4.66. The van der Waals surface area contributed by atoms with Gasteiger partial charge in [0, 0.05) is 5.56 Å².